The van der Waals surface area contributed by atoms with Gasteiger partial charge in [0.25, 0.3) is 0 Å². The molecule has 17 heavy (non-hydrogen) atoms. The van der Waals surface area contributed by atoms with E-state index in [-0.39, 0.29) is 5.15 Å². The minimum atomic E-state index is 0.289. The van der Waals surface area contributed by atoms with E-state index in [2.05, 4.69) is 30.9 Å². The second-order valence-electron chi connectivity index (χ2n) is 2.90. The van der Waals surface area contributed by atoms with Crippen molar-refractivity contribution >= 4 is 39.3 Å². The third-order valence-corrected chi connectivity index (χ3v) is 4.02. The molecule has 7 heteroatoms. The number of pyridine rings is 1. The maximum absolute atomic E-state index is 5.91. The summed E-state index contributed by atoms with van der Waals surface area (Å²) >= 11 is 10.7. The normalized spacial score (nSPS) is 10.3. The first-order valence-corrected chi connectivity index (χ1v) is 6.54. The van der Waals surface area contributed by atoms with Gasteiger partial charge in [-0.1, -0.05) is 11.6 Å². The molecule has 0 aromatic carbocycles. The molecule has 0 aliphatic heterocycles. The smallest absolute Gasteiger partial charge is 0.188 e. The first-order valence-electron chi connectivity index (χ1n) is 4.55. The first kappa shape index (κ1) is 12.6. The minimum absolute atomic E-state index is 0.289. The van der Waals surface area contributed by atoms with Crippen LogP contribution in [0.4, 0.5) is 0 Å². The second-order valence-corrected chi connectivity index (χ2v) is 5.09. The highest BCUT2D eigenvalue weighted by molar-refractivity contribution is 9.10. The van der Waals surface area contributed by atoms with E-state index in [1.54, 1.807) is 6.20 Å². The number of hydrogen-bond donors (Lipinski definition) is 0. The lowest BCUT2D eigenvalue weighted by atomic mass is 10.5. The third-order valence-electron chi connectivity index (χ3n) is 1.85. The maximum Gasteiger partial charge on any atom is 0.188 e. The van der Waals surface area contributed by atoms with Crippen LogP contribution in [-0.2, 0) is 0 Å². The zero-order chi connectivity index (χ0) is 12.3. The number of rotatable bonds is 3. The van der Waals surface area contributed by atoms with Crippen molar-refractivity contribution in [2.24, 2.45) is 0 Å². The Bertz CT molecular complexity index is 541. The van der Waals surface area contributed by atoms with Gasteiger partial charge in [0, 0.05) is 6.20 Å². The van der Waals surface area contributed by atoms with E-state index in [0.29, 0.717) is 10.8 Å². The number of nitrogens with zero attached hydrogens (tertiary/aromatic N) is 3. The van der Waals surface area contributed by atoms with Crippen LogP contribution < -0.4 is 4.74 Å². The van der Waals surface area contributed by atoms with Crippen LogP contribution in [0, 0.1) is 0 Å². The van der Waals surface area contributed by atoms with E-state index < -0.39 is 0 Å². The molecule has 2 heterocycles. The summed E-state index contributed by atoms with van der Waals surface area (Å²) in [4.78, 5) is 12.2. The summed E-state index contributed by atoms with van der Waals surface area (Å²) in [7, 11) is 1.53. The van der Waals surface area contributed by atoms with Gasteiger partial charge >= 0.3 is 0 Å². The number of ether oxygens (including phenoxy) is 1. The van der Waals surface area contributed by atoms with Gasteiger partial charge in [-0.05, 0) is 39.8 Å². The Kier molecular flexibility index (Phi) is 4.20. The number of aromatic nitrogens is 3. The zero-order valence-electron chi connectivity index (χ0n) is 8.72. The fourth-order valence-corrected chi connectivity index (χ4v) is 2.72. The molecule has 0 radical (unpaired) electrons. The van der Waals surface area contributed by atoms with E-state index in [0.717, 1.165) is 9.50 Å². The Morgan fingerprint density at radius 3 is 2.82 bits per heavy atom. The molecule has 88 valence electrons. The highest BCUT2D eigenvalue weighted by Crippen LogP contribution is 2.37. The fraction of sp³-hybridized carbons (Fsp3) is 0.100. The predicted molar refractivity (Wildman–Crippen MR) is 69.7 cm³/mol. The van der Waals surface area contributed by atoms with E-state index in [9.17, 15) is 0 Å². The zero-order valence-corrected chi connectivity index (χ0v) is 11.9. The lowest BCUT2D eigenvalue weighted by Crippen LogP contribution is -1.93. The lowest BCUT2D eigenvalue weighted by molar-refractivity contribution is 0.398. The van der Waals surface area contributed by atoms with Gasteiger partial charge in [0.1, 0.15) is 16.4 Å². The minimum Gasteiger partial charge on any atom is -0.491 e. The van der Waals surface area contributed by atoms with Crippen molar-refractivity contribution in [2.75, 3.05) is 7.11 Å². The third kappa shape index (κ3) is 2.88. The van der Waals surface area contributed by atoms with E-state index in [1.165, 1.54) is 25.2 Å². The summed E-state index contributed by atoms with van der Waals surface area (Å²) in [5.41, 5.74) is 0. The molecule has 0 saturated carbocycles. The topological polar surface area (TPSA) is 47.9 Å². The fourth-order valence-electron chi connectivity index (χ4n) is 1.12. The van der Waals surface area contributed by atoms with Crippen LogP contribution in [0.2, 0.25) is 5.15 Å². The van der Waals surface area contributed by atoms with Crippen molar-refractivity contribution in [3.63, 3.8) is 0 Å². The van der Waals surface area contributed by atoms with Crippen LogP contribution in [-0.4, -0.2) is 22.1 Å². The molecule has 0 aliphatic rings. The number of halogens is 2. The molecule has 2 aromatic heterocycles. The SMILES string of the molecule is COc1c(Cl)ncnc1Sc1ncccc1Br. The van der Waals surface area contributed by atoms with Gasteiger partial charge in [-0.15, -0.1) is 0 Å². The number of methoxy groups -OCH3 is 1. The summed E-state index contributed by atoms with van der Waals surface area (Å²) in [5, 5.41) is 1.71. The monoisotopic (exact) mass is 331 g/mol. The molecule has 0 N–H and O–H groups in total. The lowest BCUT2D eigenvalue weighted by Gasteiger charge is -2.07. The van der Waals surface area contributed by atoms with E-state index >= 15 is 0 Å². The molecule has 0 aliphatic carbocycles. The Morgan fingerprint density at radius 2 is 2.12 bits per heavy atom. The molecular weight excluding hydrogens is 326 g/mol. The van der Waals surface area contributed by atoms with Gasteiger partial charge in [-0.25, -0.2) is 15.0 Å². The summed E-state index contributed by atoms with van der Waals surface area (Å²) in [6.45, 7) is 0. The number of hydrogen-bond acceptors (Lipinski definition) is 5. The van der Waals surface area contributed by atoms with Crippen molar-refractivity contribution < 1.29 is 4.74 Å². The van der Waals surface area contributed by atoms with Gasteiger partial charge in [0.15, 0.2) is 10.9 Å². The van der Waals surface area contributed by atoms with Crippen LogP contribution in [0.3, 0.4) is 0 Å². The van der Waals surface area contributed by atoms with E-state index in [1.807, 2.05) is 12.1 Å². The molecule has 0 fully saturated rings. The molecule has 2 aromatic rings. The van der Waals surface area contributed by atoms with Crippen LogP contribution in [0.5, 0.6) is 5.75 Å². The summed E-state index contributed by atoms with van der Waals surface area (Å²) in [6.07, 6.45) is 3.10. The predicted octanol–water partition coefficient (Wildman–Crippen LogP) is 3.45. The van der Waals surface area contributed by atoms with Crippen LogP contribution in [0.25, 0.3) is 0 Å². The van der Waals surface area contributed by atoms with Crippen LogP contribution in [0.1, 0.15) is 0 Å². The van der Waals surface area contributed by atoms with Crippen molar-refractivity contribution in [2.45, 2.75) is 10.1 Å². The Labute approximate surface area is 116 Å². The summed E-state index contributed by atoms with van der Waals surface area (Å²) in [6, 6.07) is 3.75. The molecule has 0 bridgehead atoms. The van der Waals surface area contributed by atoms with Gasteiger partial charge in [-0.2, -0.15) is 0 Å². The largest absolute Gasteiger partial charge is 0.491 e. The average Bonchev–Trinajstić information content (AvgIpc) is 2.32. The van der Waals surface area contributed by atoms with Gasteiger partial charge in [0.2, 0.25) is 0 Å². The molecule has 4 nitrogen and oxygen atoms in total. The molecule has 0 amide bonds. The van der Waals surface area contributed by atoms with Gasteiger partial charge in [-0.3, -0.25) is 0 Å². The van der Waals surface area contributed by atoms with Gasteiger partial charge in [0.05, 0.1) is 11.6 Å². The first-order chi connectivity index (χ1) is 8.22. The summed E-state index contributed by atoms with van der Waals surface area (Å²) in [5.74, 6) is 0.455. The highest BCUT2D eigenvalue weighted by Gasteiger charge is 2.13. The average molecular weight is 333 g/mol. The standard InChI is InChI=1S/C10H7BrClN3OS/c1-16-7-8(12)14-5-15-10(7)17-9-6(11)3-2-4-13-9/h2-5H,1H3. The van der Waals surface area contributed by atoms with Crippen molar-refractivity contribution in [3.8, 4) is 5.75 Å². The van der Waals surface area contributed by atoms with Crippen molar-refractivity contribution in [1.82, 2.24) is 15.0 Å². The molecule has 0 saturated heterocycles. The van der Waals surface area contributed by atoms with E-state index in [4.69, 9.17) is 16.3 Å². The molecular formula is C10H7BrClN3OS. The molecule has 2 rings (SSSR count). The Morgan fingerprint density at radius 1 is 1.29 bits per heavy atom. The van der Waals surface area contributed by atoms with Gasteiger partial charge < -0.3 is 4.74 Å². The maximum atomic E-state index is 5.91. The Balaban J connectivity index is 2.37. The summed E-state index contributed by atoms with van der Waals surface area (Å²) < 4.78 is 6.06. The highest BCUT2D eigenvalue weighted by atomic mass is 79.9. The van der Waals surface area contributed by atoms with Crippen molar-refractivity contribution in [1.29, 1.82) is 0 Å². The van der Waals surface area contributed by atoms with Crippen LogP contribution >= 0.6 is 39.3 Å². The molecule has 0 unspecified atom stereocenters. The van der Waals surface area contributed by atoms with Crippen LogP contribution in [0.15, 0.2) is 39.2 Å². The Hall–Kier alpha value is -0.850. The quantitative estimate of drug-likeness (QED) is 0.806. The molecule has 0 atom stereocenters. The second kappa shape index (κ2) is 5.66. The van der Waals surface area contributed by atoms with Crippen molar-refractivity contribution in [3.05, 3.63) is 34.3 Å². The molecule has 0 spiro atoms.